The summed E-state index contributed by atoms with van der Waals surface area (Å²) in [6.07, 6.45) is 2.13. The molecule has 0 unspecified atom stereocenters. The highest BCUT2D eigenvalue weighted by molar-refractivity contribution is 7.12. The number of amides is 1. The second-order valence-corrected chi connectivity index (χ2v) is 15.6. The van der Waals surface area contributed by atoms with Crippen LogP contribution in [-0.4, -0.2) is 76.5 Å². The lowest BCUT2D eigenvalue weighted by Crippen LogP contribution is -2.44. The van der Waals surface area contributed by atoms with E-state index in [2.05, 4.69) is 20.5 Å². The number of aromatic amines is 1. The minimum absolute atomic E-state index is 0. The Morgan fingerprint density at radius 2 is 1.75 bits per heavy atom. The third-order valence-electron chi connectivity index (χ3n) is 9.90. The second-order valence-electron chi connectivity index (χ2n) is 13.3. The molecule has 0 spiro atoms. The third-order valence-corrected chi connectivity index (χ3v) is 12.2. The molecule has 1 aliphatic carbocycles. The van der Waals surface area contributed by atoms with E-state index in [1.54, 1.807) is 24.3 Å². The highest BCUT2D eigenvalue weighted by Crippen LogP contribution is 2.42. The molecular weight excluding hydrogens is 771 g/mol. The molecule has 0 aliphatic heterocycles. The number of rotatable bonds is 16. The molecule has 16 heteroatoms. The molecule has 1 amide bonds. The normalized spacial score (nSPS) is 16.5. The lowest BCUT2D eigenvalue weighted by molar-refractivity contribution is -0.170. The van der Waals surface area contributed by atoms with Gasteiger partial charge < -0.3 is 45.3 Å². The highest BCUT2D eigenvalue weighted by atomic mass is 35.5. The van der Waals surface area contributed by atoms with E-state index in [0.717, 1.165) is 18.4 Å². The Hall–Kier alpha value is -4.35. The number of anilines is 1. The van der Waals surface area contributed by atoms with E-state index in [4.69, 9.17) is 21.1 Å². The van der Waals surface area contributed by atoms with E-state index in [-0.39, 0.29) is 52.5 Å². The summed E-state index contributed by atoms with van der Waals surface area (Å²) in [5.74, 6) is -0.789. The van der Waals surface area contributed by atoms with Gasteiger partial charge in [0.25, 0.3) is 0 Å². The van der Waals surface area contributed by atoms with Crippen molar-refractivity contribution in [3.05, 3.63) is 108 Å². The summed E-state index contributed by atoms with van der Waals surface area (Å²) in [6.45, 7) is 0.989. The van der Waals surface area contributed by atoms with Crippen LogP contribution in [0.3, 0.4) is 0 Å². The van der Waals surface area contributed by atoms with Gasteiger partial charge in [0.2, 0.25) is 17.1 Å². The summed E-state index contributed by atoms with van der Waals surface area (Å²) in [7, 11) is 3.52. The number of hydrogen-bond donors (Lipinski definition) is 6. The fourth-order valence-electron chi connectivity index (χ4n) is 7.01. The van der Waals surface area contributed by atoms with Crippen molar-refractivity contribution < 1.29 is 39.1 Å². The number of carboxylic acids is 1. The minimum atomic E-state index is -1.53. The van der Waals surface area contributed by atoms with Crippen molar-refractivity contribution in [2.24, 2.45) is 0 Å². The molecule has 6 N–H and O–H groups in total. The number of H-pyrrole nitrogens is 1. The SMILES string of the molecule is COc1cc(NC(=O)CCN(C)[C@H]2CC[C@H](OC(C(=O)O)(c3cccs3)c3cccs3)CC2)c(Cl)cc1CNC[C@H](O)c1ccc(O)c2[nH]c(=O)ccc12.F. The average molecular weight is 815 g/mol. The molecular formula is C39H44ClFN4O8S2. The quantitative estimate of drug-likeness (QED) is 0.0637. The van der Waals surface area contributed by atoms with Gasteiger partial charge in [0, 0.05) is 55.2 Å². The van der Waals surface area contributed by atoms with E-state index in [1.165, 1.54) is 41.9 Å². The summed E-state index contributed by atoms with van der Waals surface area (Å²) >= 11 is 9.37. The fraction of sp³-hybridized carbons (Fsp3) is 0.359. The Balaban J connectivity index is 0.00000580. The van der Waals surface area contributed by atoms with Crippen molar-refractivity contribution in [1.29, 1.82) is 0 Å². The van der Waals surface area contributed by atoms with Gasteiger partial charge in [-0.1, -0.05) is 29.8 Å². The molecule has 2 aromatic carbocycles. The largest absolute Gasteiger partial charge is 0.506 e. The highest BCUT2D eigenvalue weighted by Gasteiger charge is 2.48. The zero-order chi connectivity index (χ0) is 38.4. The number of phenols is 1. The molecule has 6 rings (SSSR count). The molecule has 0 bridgehead atoms. The Kier molecular flexibility index (Phi) is 14.1. The lowest BCUT2D eigenvalue weighted by atomic mass is 9.90. The van der Waals surface area contributed by atoms with E-state index >= 15 is 0 Å². The number of benzene rings is 2. The summed E-state index contributed by atoms with van der Waals surface area (Å²) < 4.78 is 12.1. The van der Waals surface area contributed by atoms with Gasteiger partial charge in [0.05, 0.1) is 45.3 Å². The molecule has 1 saturated carbocycles. The Bertz CT molecular complexity index is 2090. The van der Waals surface area contributed by atoms with Crippen LogP contribution in [0.2, 0.25) is 5.02 Å². The van der Waals surface area contributed by atoms with Crippen LogP contribution in [0.4, 0.5) is 10.4 Å². The number of nitrogens with one attached hydrogen (secondary N) is 3. The molecule has 0 saturated heterocycles. The second kappa shape index (κ2) is 18.5. The number of aromatic nitrogens is 1. The molecule has 1 atom stereocenters. The average Bonchev–Trinajstić information content (AvgIpc) is 3.91. The lowest BCUT2D eigenvalue weighted by Gasteiger charge is -2.38. The number of methoxy groups -OCH3 is 1. The first-order valence-electron chi connectivity index (χ1n) is 17.6. The Morgan fingerprint density at radius 3 is 2.36 bits per heavy atom. The van der Waals surface area contributed by atoms with Crippen molar-refractivity contribution >= 4 is 62.7 Å². The monoisotopic (exact) mass is 814 g/mol. The maximum absolute atomic E-state index is 13.1. The van der Waals surface area contributed by atoms with E-state index in [9.17, 15) is 29.7 Å². The summed E-state index contributed by atoms with van der Waals surface area (Å²) in [4.78, 5) is 43.7. The Morgan fingerprint density at radius 1 is 1.05 bits per heavy atom. The standard InChI is InChI=1S/C39H43ClN4O8S2.FH/c1-44(24-7-9-25(10-8-24)52-39(38(49)50,33-5-3-17-53-33)34-6-4-18-54-34)16-15-36(48)42-29-20-32(51-2)23(19-28(29)40)21-41-22-31(46)26-11-13-30(45)37-27(26)12-14-35(47)43-37;/h3-6,11-14,17-20,24-25,31,41,45-46H,7-10,15-16,21-22H2,1-2H3,(H,42,48)(H,43,47)(H,49,50);1H/t24-,25-,31-;/m0./s1. The fourth-order valence-corrected chi connectivity index (χ4v) is 9.05. The first kappa shape index (κ1) is 41.8. The maximum atomic E-state index is 13.1. The summed E-state index contributed by atoms with van der Waals surface area (Å²) in [5.41, 5.74) is 0.0636. The first-order valence-corrected chi connectivity index (χ1v) is 19.7. The zero-order valence-corrected chi connectivity index (χ0v) is 32.6. The number of pyridine rings is 1. The van der Waals surface area contributed by atoms with Crippen LogP contribution >= 0.6 is 34.3 Å². The zero-order valence-electron chi connectivity index (χ0n) is 30.2. The van der Waals surface area contributed by atoms with Crippen molar-refractivity contribution in [1.82, 2.24) is 15.2 Å². The smallest absolute Gasteiger partial charge is 0.347 e. The molecule has 12 nitrogen and oxygen atoms in total. The van der Waals surface area contributed by atoms with Crippen molar-refractivity contribution in [3.8, 4) is 11.5 Å². The van der Waals surface area contributed by atoms with Gasteiger partial charge >= 0.3 is 5.97 Å². The molecule has 55 heavy (non-hydrogen) atoms. The number of aliphatic carboxylic acids is 1. The number of halogens is 2. The molecule has 3 heterocycles. The van der Waals surface area contributed by atoms with Crippen LogP contribution in [0, 0.1) is 0 Å². The number of thiophene rings is 2. The number of nitrogens with zero attached hydrogens (tertiary/aromatic N) is 1. The third kappa shape index (κ3) is 9.38. The number of hydrogen-bond acceptors (Lipinski definition) is 11. The van der Waals surface area contributed by atoms with Gasteiger partial charge in [-0.3, -0.25) is 14.3 Å². The number of phenolic OH excluding ortho intramolecular Hbond substituents is 1. The van der Waals surface area contributed by atoms with Gasteiger partial charge in [-0.25, -0.2) is 4.79 Å². The van der Waals surface area contributed by atoms with Crippen LogP contribution < -0.4 is 20.9 Å². The van der Waals surface area contributed by atoms with Crippen LogP contribution in [0.25, 0.3) is 10.9 Å². The van der Waals surface area contributed by atoms with Gasteiger partial charge in [0.1, 0.15) is 11.5 Å². The van der Waals surface area contributed by atoms with Crippen LogP contribution in [-0.2, 0) is 26.5 Å². The number of ether oxygens (including phenoxy) is 2. The molecule has 5 aromatic rings. The first-order chi connectivity index (χ1) is 26.0. The number of fused-ring (bicyclic) bond motifs is 1. The number of aliphatic hydroxyl groups excluding tert-OH is 1. The van der Waals surface area contributed by atoms with Crippen molar-refractivity contribution in [2.75, 3.05) is 32.6 Å². The predicted octanol–water partition coefficient (Wildman–Crippen LogP) is 6.61. The van der Waals surface area contributed by atoms with Crippen molar-refractivity contribution in [2.45, 2.75) is 62.5 Å². The van der Waals surface area contributed by atoms with Gasteiger partial charge in [-0.2, -0.15) is 0 Å². The molecule has 3 aromatic heterocycles. The molecule has 1 aliphatic rings. The van der Waals surface area contributed by atoms with E-state index < -0.39 is 17.7 Å². The predicted molar refractivity (Wildman–Crippen MR) is 213 cm³/mol. The van der Waals surface area contributed by atoms with Gasteiger partial charge in [-0.05, 0) is 79.4 Å². The topological polar surface area (TPSA) is 173 Å². The van der Waals surface area contributed by atoms with Crippen LogP contribution in [0.15, 0.2) is 76.2 Å². The van der Waals surface area contributed by atoms with Crippen molar-refractivity contribution in [3.63, 3.8) is 0 Å². The molecule has 294 valence electrons. The summed E-state index contributed by atoms with van der Waals surface area (Å²) in [6, 6.07) is 16.9. The minimum Gasteiger partial charge on any atom is -0.506 e. The van der Waals surface area contributed by atoms with Gasteiger partial charge in [-0.15, -0.1) is 22.7 Å². The number of aliphatic hydroxyl groups is 1. The molecule has 1 fully saturated rings. The van der Waals surface area contributed by atoms with Gasteiger partial charge in [0.15, 0.2) is 0 Å². The number of carboxylic acid groups (broad SMARTS) is 1. The number of aromatic hydroxyl groups is 1. The summed E-state index contributed by atoms with van der Waals surface area (Å²) in [5, 5.41) is 42.2. The molecule has 0 radical (unpaired) electrons. The van der Waals surface area contributed by atoms with Crippen LogP contribution in [0.1, 0.15) is 59.1 Å². The Labute approximate surface area is 330 Å². The van der Waals surface area contributed by atoms with E-state index in [0.29, 0.717) is 63.1 Å². The number of carbonyl (C=O) groups excluding carboxylic acids is 1. The number of carbonyl (C=O) groups is 2. The van der Waals surface area contributed by atoms with E-state index in [1.807, 2.05) is 42.1 Å². The van der Waals surface area contributed by atoms with Crippen LogP contribution in [0.5, 0.6) is 11.5 Å². The maximum Gasteiger partial charge on any atom is 0.347 e.